The Hall–Kier alpha value is -3.73. The zero-order valence-corrected chi connectivity index (χ0v) is 16.9. The van der Waals surface area contributed by atoms with Crippen molar-refractivity contribution in [1.82, 2.24) is 5.32 Å². The van der Waals surface area contributed by atoms with Gasteiger partial charge in [0.1, 0.15) is 5.57 Å². The number of benzene rings is 2. The van der Waals surface area contributed by atoms with E-state index in [1.54, 1.807) is 19.1 Å². The molecule has 0 aliphatic carbocycles. The van der Waals surface area contributed by atoms with Crippen LogP contribution >= 0.6 is 15.9 Å². The van der Waals surface area contributed by atoms with Crippen molar-refractivity contribution in [3.63, 3.8) is 0 Å². The fourth-order valence-corrected chi connectivity index (χ4v) is 3.28. The van der Waals surface area contributed by atoms with Crippen LogP contribution in [0.2, 0.25) is 0 Å². The Labute approximate surface area is 177 Å². The summed E-state index contributed by atoms with van der Waals surface area (Å²) in [5.74, 6) is -1.43. The molecule has 0 aromatic heterocycles. The number of nitro benzene ring substituents is 1. The number of barbiturate groups is 1. The lowest BCUT2D eigenvalue weighted by atomic mass is 10.0. The first-order valence-electron chi connectivity index (χ1n) is 8.52. The molecule has 1 fully saturated rings. The highest BCUT2D eigenvalue weighted by Crippen LogP contribution is 2.39. The minimum absolute atomic E-state index is 0.0379. The number of carbonyl (C=O) groups excluding carboxylic acids is 3. The second-order valence-corrected chi connectivity index (χ2v) is 7.27. The van der Waals surface area contributed by atoms with E-state index in [1.807, 2.05) is 0 Å². The quantitative estimate of drug-likeness (QED) is 0.313. The number of nitrogens with one attached hydrogen (secondary N) is 1. The first kappa shape index (κ1) is 19.6. The largest absolute Gasteiger partial charge is 0.454 e. The number of halogens is 1. The second-order valence-electron chi connectivity index (χ2n) is 6.41. The first-order chi connectivity index (χ1) is 14.3. The number of fused-ring (bicyclic) bond motifs is 1. The number of amides is 4. The first-order valence-corrected chi connectivity index (χ1v) is 9.31. The van der Waals surface area contributed by atoms with Crippen molar-refractivity contribution in [1.29, 1.82) is 0 Å². The number of ether oxygens (including phenoxy) is 2. The number of urea groups is 1. The van der Waals surface area contributed by atoms with Gasteiger partial charge in [0.2, 0.25) is 6.79 Å². The Morgan fingerprint density at radius 1 is 1.17 bits per heavy atom. The molecule has 2 heterocycles. The van der Waals surface area contributed by atoms with Gasteiger partial charge in [-0.3, -0.25) is 25.0 Å². The molecule has 2 aliphatic rings. The van der Waals surface area contributed by atoms with Crippen LogP contribution in [0.25, 0.3) is 6.08 Å². The number of hydrogen-bond donors (Lipinski definition) is 1. The summed E-state index contributed by atoms with van der Waals surface area (Å²) >= 11 is 3.34. The van der Waals surface area contributed by atoms with Crippen molar-refractivity contribution in [2.24, 2.45) is 0 Å². The van der Waals surface area contributed by atoms with Crippen LogP contribution in [0.15, 0.2) is 40.4 Å². The van der Waals surface area contributed by atoms with Crippen molar-refractivity contribution in [2.75, 3.05) is 11.7 Å². The Bertz CT molecular complexity index is 1170. The van der Waals surface area contributed by atoms with E-state index in [0.717, 1.165) is 27.1 Å². The number of hydrogen-bond acceptors (Lipinski definition) is 7. The molecule has 1 N–H and O–H groups in total. The van der Waals surface area contributed by atoms with Gasteiger partial charge in [-0.25, -0.2) is 9.69 Å². The number of imide groups is 2. The summed E-state index contributed by atoms with van der Waals surface area (Å²) in [7, 11) is 0. The molecule has 11 heteroatoms. The van der Waals surface area contributed by atoms with E-state index >= 15 is 0 Å². The molecule has 1 saturated heterocycles. The van der Waals surface area contributed by atoms with Gasteiger partial charge >= 0.3 is 6.03 Å². The van der Waals surface area contributed by atoms with Crippen LogP contribution in [0.4, 0.5) is 16.2 Å². The molecule has 0 unspecified atom stereocenters. The van der Waals surface area contributed by atoms with Crippen LogP contribution in [-0.4, -0.2) is 29.6 Å². The molecule has 10 nitrogen and oxygen atoms in total. The third kappa shape index (κ3) is 3.28. The monoisotopic (exact) mass is 473 g/mol. The fraction of sp³-hybridized carbons (Fsp3) is 0.105. The normalized spacial score (nSPS) is 16.8. The van der Waals surface area contributed by atoms with Crippen LogP contribution in [0, 0.1) is 17.0 Å². The van der Waals surface area contributed by atoms with Gasteiger partial charge in [-0.15, -0.1) is 0 Å². The molecule has 0 saturated carbocycles. The number of nitrogens with zero attached hydrogens (tertiary/aromatic N) is 2. The predicted molar refractivity (Wildman–Crippen MR) is 107 cm³/mol. The van der Waals surface area contributed by atoms with Gasteiger partial charge in [0, 0.05) is 4.47 Å². The Balaban J connectivity index is 1.80. The van der Waals surface area contributed by atoms with Gasteiger partial charge in [0.05, 0.1) is 22.2 Å². The molecule has 2 aromatic carbocycles. The summed E-state index contributed by atoms with van der Waals surface area (Å²) in [5, 5.41) is 13.5. The highest BCUT2D eigenvalue weighted by Gasteiger charge is 2.37. The summed E-state index contributed by atoms with van der Waals surface area (Å²) in [6, 6.07) is 6.33. The van der Waals surface area contributed by atoms with Crippen LogP contribution in [0.5, 0.6) is 11.5 Å². The molecular weight excluding hydrogens is 462 g/mol. The molecule has 0 radical (unpaired) electrons. The van der Waals surface area contributed by atoms with Gasteiger partial charge in [0.25, 0.3) is 17.5 Å². The summed E-state index contributed by atoms with van der Waals surface area (Å²) in [4.78, 5) is 49.3. The van der Waals surface area contributed by atoms with E-state index in [0.29, 0.717) is 0 Å². The predicted octanol–water partition coefficient (Wildman–Crippen LogP) is 3.06. The average molecular weight is 474 g/mol. The van der Waals surface area contributed by atoms with E-state index in [9.17, 15) is 24.5 Å². The zero-order valence-electron chi connectivity index (χ0n) is 15.3. The minimum atomic E-state index is -0.956. The van der Waals surface area contributed by atoms with Crippen molar-refractivity contribution in [3.05, 3.63) is 61.6 Å². The van der Waals surface area contributed by atoms with Gasteiger partial charge in [-0.2, -0.15) is 0 Å². The smallest absolute Gasteiger partial charge is 0.335 e. The lowest BCUT2D eigenvalue weighted by Gasteiger charge is -2.26. The summed E-state index contributed by atoms with van der Waals surface area (Å²) in [6.45, 7) is 1.68. The van der Waals surface area contributed by atoms with E-state index in [1.165, 1.54) is 12.1 Å². The highest BCUT2D eigenvalue weighted by atomic mass is 79.9. The number of rotatable bonds is 3. The SMILES string of the molecule is Cc1cc(N2C(=O)NC(=O)/C(=C\c3cc4c(cc3[N+](=O)[O-])OCO4)C2=O)ccc1Br. The Morgan fingerprint density at radius 2 is 1.87 bits per heavy atom. The number of nitro groups is 1. The molecule has 4 rings (SSSR count). The topological polar surface area (TPSA) is 128 Å². The van der Waals surface area contributed by atoms with Gasteiger partial charge in [0.15, 0.2) is 11.5 Å². The van der Waals surface area contributed by atoms with E-state index in [2.05, 4.69) is 21.2 Å². The maximum atomic E-state index is 13.0. The lowest BCUT2D eigenvalue weighted by Crippen LogP contribution is -2.54. The summed E-state index contributed by atoms with van der Waals surface area (Å²) < 4.78 is 11.1. The van der Waals surface area contributed by atoms with Gasteiger partial charge in [-0.05, 0) is 42.8 Å². The third-order valence-electron chi connectivity index (χ3n) is 4.52. The van der Waals surface area contributed by atoms with Crippen LogP contribution in [0.1, 0.15) is 11.1 Å². The molecule has 0 spiro atoms. The third-order valence-corrected chi connectivity index (χ3v) is 5.41. The zero-order chi connectivity index (χ0) is 21.6. The molecule has 2 aromatic rings. The maximum absolute atomic E-state index is 13.0. The fourth-order valence-electron chi connectivity index (χ4n) is 3.04. The Morgan fingerprint density at radius 3 is 2.53 bits per heavy atom. The summed E-state index contributed by atoms with van der Waals surface area (Å²) in [6.07, 6.45) is 1.06. The molecule has 0 bridgehead atoms. The molecule has 152 valence electrons. The van der Waals surface area contributed by atoms with Crippen LogP contribution in [-0.2, 0) is 9.59 Å². The van der Waals surface area contributed by atoms with E-state index in [4.69, 9.17) is 9.47 Å². The molecular formula is C19H12BrN3O7. The molecule has 2 aliphatic heterocycles. The maximum Gasteiger partial charge on any atom is 0.335 e. The lowest BCUT2D eigenvalue weighted by molar-refractivity contribution is -0.385. The average Bonchev–Trinajstić information content (AvgIpc) is 3.14. The van der Waals surface area contributed by atoms with Crippen molar-refractivity contribution >= 4 is 51.2 Å². The van der Waals surface area contributed by atoms with Gasteiger partial charge < -0.3 is 9.47 Å². The minimum Gasteiger partial charge on any atom is -0.454 e. The highest BCUT2D eigenvalue weighted by molar-refractivity contribution is 9.10. The number of aryl methyl sites for hydroxylation is 1. The standard InChI is InChI=1S/C19H12BrN3O7/c1-9-4-11(2-3-13(9)20)22-18(25)12(17(24)21-19(22)26)5-10-6-15-16(30-8-29-15)7-14(10)23(27)28/h2-7H,8H2,1H3,(H,21,24,26)/b12-5+. The van der Waals surface area contributed by atoms with Gasteiger partial charge in [-0.1, -0.05) is 15.9 Å². The number of carbonyl (C=O) groups is 3. The van der Waals surface area contributed by atoms with Crippen molar-refractivity contribution in [2.45, 2.75) is 6.92 Å². The Kier molecular flexibility index (Phi) is 4.74. The van der Waals surface area contributed by atoms with E-state index in [-0.39, 0.29) is 35.2 Å². The molecule has 0 atom stereocenters. The van der Waals surface area contributed by atoms with E-state index < -0.39 is 28.3 Å². The molecule has 4 amide bonds. The van der Waals surface area contributed by atoms with Crippen molar-refractivity contribution < 1.29 is 28.8 Å². The van der Waals surface area contributed by atoms with Crippen molar-refractivity contribution in [3.8, 4) is 11.5 Å². The van der Waals surface area contributed by atoms with Crippen LogP contribution < -0.4 is 19.7 Å². The molecule has 30 heavy (non-hydrogen) atoms. The number of anilines is 1. The second kappa shape index (κ2) is 7.26. The summed E-state index contributed by atoms with van der Waals surface area (Å²) in [5.41, 5.74) is 0.162. The van der Waals surface area contributed by atoms with Crippen LogP contribution in [0.3, 0.4) is 0 Å².